The van der Waals surface area contributed by atoms with Crippen LogP contribution < -0.4 is 5.59 Å². The van der Waals surface area contributed by atoms with Crippen LogP contribution in [0.5, 0.6) is 0 Å². The normalized spacial score (nSPS) is 19.6. The number of hydrogen-bond donors (Lipinski definition) is 0. The largest absolute Gasteiger partial charge is 0.515 e. The maximum Gasteiger partial charge on any atom is 0.515 e. The standard InChI is InChI=1S/C14H17BN2O3/c1-13(2)14(3,4)20-15(19-13)12-10(9-16)5-6-11(17-12)7-8-18/h5-6,8H,7H2,1-4H3. The Morgan fingerprint density at radius 1 is 1.30 bits per heavy atom. The number of hydrogen-bond acceptors (Lipinski definition) is 5. The summed E-state index contributed by atoms with van der Waals surface area (Å²) in [6.45, 7) is 7.76. The highest BCUT2D eigenvalue weighted by Gasteiger charge is 2.53. The Morgan fingerprint density at radius 2 is 1.90 bits per heavy atom. The van der Waals surface area contributed by atoms with Crippen molar-refractivity contribution < 1.29 is 14.1 Å². The van der Waals surface area contributed by atoms with Crippen LogP contribution >= 0.6 is 0 Å². The molecule has 1 saturated heterocycles. The molecule has 104 valence electrons. The monoisotopic (exact) mass is 272 g/mol. The van der Waals surface area contributed by atoms with E-state index in [0.717, 1.165) is 6.29 Å². The third kappa shape index (κ3) is 2.47. The topological polar surface area (TPSA) is 72.2 Å². The first-order chi connectivity index (χ1) is 9.30. The van der Waals surface area contributed by atoms with Crippen molar-refractivity contribution in [2.24, 2.45) is 0 Å². The third-order valence-electron chi connectivity index (χ3n) is 3.87. The summed E-state index contributed by atoms with van der Waals surface area (Å²) in [5.74, 6) is 0. The van der Waals surface area contributed by atoms with Crippen LogP contribution in [0.25, 0.3) is 0 Å². The zero-order valence-electron chi connectivity index (χ0n) is 12.1. The van der Waals surface area contributed by atoms with E-state index in [9.17, 15) is 10.1 Å². The van der Waals surface area contributed by atoms with Crippen LogP contribution in [0, 0.1) is 11.3 Å². The van der Waals surface area contributed by atoms with Crippen LogP contribution in [0.3, 0.4) is 0 Å². The highest BCUT2D eigenvalue weighted by atomic mass is 16.7. The number of aromatic nitrogens is 1. The van der Waals surface area contributed by atoms with E-state index in [0.29, 0.717) is 16.9 Å². The van der Waals surface area contributed by atoms with Gasteiger partial charge in [0.15, 0.2) is 0 Å². The molecule has 0 N–H and O–H groups in total. The lowest BCUT2D eigenvalue weighted by molar-refractivity contribution is -0.107. The first kappa shape index (κ1) is 14.7. The molecule has 1 fully saturated rings. The van der Waals surface area contributed by atoms with Gasteiger partial charge in [0, 0.05) is 12.1 Å². The van der Waals surface area contributed by atoms with Crippen molar-refractivity contribution in [1.29, 1.82) is 5.26 Å². The van der Waals surface area contributed by atoms with Crippen LogP contribution in [-0.4, -0.2) is 29.6 Å². The molecule has 0 unspecified atom stereocenters. The fourth-order valence-corrected chi connectivity index (χ4v) is 1.95. The number of nitriles is 1. The predicted molar refractivity (Wildman–Crippen MR) is 74.4 cm³/mol. The van der Waals surface area contributed by atoms with Crippen molar-refractivity contribution in [3.63, 3.8) is 0 Å². The molecule has 20 heavy (non-hydrogen) atoms. The second-order valence-corrected chi connectivity index (χ2v) is 5.81. The van der Waals surface area contributed by atoms with Crippen molar-refractivity contribution >= 4 is 19.0 Å². The average Bonchev–Trinajstić information content (AvgIpc) is 2.59. The van der Waals surface area contributed by atoms with Gasteiger partial charge in [-0.3, -0.25) is 4.98 Å². The summed E-state index contributed by atoms with van der Waals surface area (Å²) >= 11 is 0. The van der Waals surface area contributed by atoms with Gasteiger partial charge in [-0.25, -0.2) is 0 Å². The molecule has 0 spiro atoms. The van der Waals surface area contributed by atoms with Gasteiger partial charge >= 0.3 is 7.12 Å². The molecule has 0 aromatic carbocycles. The van der Waals surface area contributed by atoms with E-state index in [2.05, 4.69) is 11.1 Å². The summed E-state index contributed by atoms with van der Waals surface area (Å²) in [4.78, 5) is 14.9. The Hall–Kier alpha value is -1.71. The maximum absolute atomic E-state index is 10.6. The molecule has 5 nitrogen and oxygen atoms in total. The van der Waals surface area contributed by atoms with Gasteiger partial charge < -0.3 is 14.1 Å². The van der Waals surface area contributed by atoms with Crippen molar-refractivity contribution in [2.45, 2.75) is 45.3 Å². The van der Waals surface area contributed by atoms with Gasteiger partial charge in [-0.05, 0) is 39.8 Å². The highest BCUT2D eigenvalue weighted by molar-refractivity contribution is 6.61. The minimum atomic E-state index is -0.693. The van der Waals surface area contributed by atoms with E-state index in [-0.39, 0.29) is 6.42 Å². The van der Waals surface area contributed by atoms with Gasteiger partial charge in [0.2, 0.25) is 0 Å². The Balaban J connectivity index is 2.40. The Kier molecular flexibility index (Phi) is 3.68. The SMILES string of the molecule is CC1(C)OB(c2nc(CC=O)ccc2C#N)OC1(C)C. The second-order valence-electron chi connectivity index (χ2n) is 5.81. The van der Waals surface area contributed by atoms with E-state index in [1.165, 1.54) is 0 Å². The lowest BCUT2D eigenvalue weighted by Gasteiger charge is -2.32. The first-order valence-electron chi connectivity index (χ1n) is 6.50. The zero-order valence-corrected chi connectivity index (χ0v) is 12.1. The van der Waals surface area contributed by atoms with E-state index in [1.54, 1.807) is 12.1 Å². The quantitative estimate of drug-likeness (QED) is 0.606. The maximum atomic E-state index is 10.6. The van der Waals surface area contributed by atoms with Gasteiger partial charge in [0.1, 0.15) is 12.4 Å². The van der Waals surface area contributed by atoms with Crippen molar-refractivity contribution in [3.05, 3.63) is 23.4 Å². The van der Waals surface area contributed by atoms with Crippen molar-refractivity contribution in [2.75, 3.05) is 0 Å². The van der Waals surface area contributed by atoms with Crippen LogP contribution in [0.15, 0.2) is 12.1 Å². The van der Waals surface area contributed by atoms with E-state index >= 15 is 0 Å². The van der Waals surface area contributed by atoms with Gasteiger partial charge in [0.05, 0.1) is 22.4 Å². The summed E-state index contributed by atoms with van der Waals surface area (Å²) in [6, 6.07) is 5.40. The summed E-state index contributed by atoms with van der Waals surface area (Å²) in [5, 5.41) is 9.19. The van der Waals surface area contributed by atoms with Gasteiger partial charge in [-0.1, -0.05) is 0 Å². The van der Waals surface area contributed by atoms with Crippen molar-refractivity contribution in [1.82, 2.24) is 4.98 Å². The molecule has 0 saturated carbocycles. The Labute approximate surface area is 119 Å². The molecule has 6 heteroatoms. The number of nitrogens with zero attached hydrogens (tertiary/aromatic N) is 2. The minimum Gasteiger partial charge on any atom is -0.398 e. The molecule has 0 bridgehead atoms. The number of carbonyl (C=O) groups is 1. The van der Waals surface area contributed by atoms with E-state index in [1.807, 2.05) is 27.7 Å². The van der Waals surface area contributed by atoms with Crippen LogP contribution in [0.2, 0.25) is 0 Å². The zero-order chi connectivity index (χ0) is 15.0. The fraction of sp³-hybridized carbons (Fsp3) is 0.500. The highest BCUT2D eigenvalue weighted by Crippen LogP contribution is 2.36. The lowest BCUT2D eigenvalue weighted by Crippen LogP contribution is -2.41. The first-order valence-corrected chi connectivity index (χ1v) is 6.50. The summed E-state index contributed by atoms with van der Waals surface area (Å²) in [7, 11) is -0.693. The smallest absolute Gasteiger partial charge is 0.398 e. The number of aldehydes is 1. The van der Waals surface area contributed by atoms with Gasteiger partial charge in [-0.15, -0.1) is 0 Å². The van der Waals surface area contributed by atoms with E-state index < -0.39 is 18.3 Å². The lowest BCUT2D eigenvalue weighted by atomic mass is 9.81. The summed E-state index contributed by atoms with van der Waals surface area (Å²) < 4.78 is 11.8. The molecule has 1 aliphatic rings. The second kappa shape index (κ2) is 5.00. The predicted octanol–water partition coefficient (Wildman–Crippen LogP) is 0.994. The van der Waals surface area contributed by atoms with Crippen molar-refractivity contribution in [3.8, 4) is 6.07 Å². The molecular weight excluding hydrogens is 255 g/mol. The Morgan fingerprint density at radius 3 is 2.40 bits per heavy atom. The molecule has 1 aliphatic heterocycles. The number of pyridine rings is 1. The molecule has 0 atom stereocenters. The molecule has 1 aromatic heterocycles. The van der Waals surface area contributed by atoms with E-state index in [4.69, 9.17) is 9.31 Å². The minimum absolute atomic E-state index is 0.207. The number of carbonyl (C=O) groups excluding carboxylic acids is 1. The third-order valence-corrected chi connectivity index (χ3v) is 3.87. The van der Waals surface area contributed by atoms with Crippen LogP contribution in [0.1, 0.15) is 39.0 Å². The molecular formula is C14H17BN2O3. The molecule has 0 radical (unpaired) electrons. The molecule has 2 rings (SSSR count). The van der Waals surface area contributed by atoms with Crippen LogP contribution in [-0.2, 0) is 20.5 Å². The molecule has 1 aromatic rings. The van der Waals surface area contributed by atoms with Gasteiger partial charge in [0.25, 0.3) is 0 Å². The fourth-order valence-electron chi connectivity index (χ4n) is 1.95. The Bertz CT molecular complexity index is 562. The molecule has 0 amide bonds. The summed E-state index contributed by atoms with van der Waals surface area (Å²) in [6.07, 6.45) is 0.987. The number of rotatable bonds is 3. The van der Waals surface area contributed by atoms with Gasteiger partial charge in [-0.2, -0.15) is 5.26 Å². The van der Waals surface area contributed by atoms with Crippen LogP contribution in [0.4, 0.5) is 0 Å². The molecule has 2 heterocycles. The summed E-state index contributed by atoms with van der Waals surface area (Å²) in [5.41, 5.74) is 0.451. The molecule has 0 aliphatic carbocycles. The average molecular weight is 272 g/mol.